The van der Waals surface area contributed by atoms with E-state index in [4.69, 9.17) is 10.5 Å². The smallest absolute Gasteiger partial charge is 0.282 e. The molecule has 1 fully saturated rings. The van der Waals surface area contributed by atoms with E-state index in [1.807, 2.05) is 13.8 Å². The monoisotopic (exact) mass is 198 g/mol. The second-order valence-electron chi connectivity index (χ2n) is 3.81. The number of ether oxygens (including phenoxy) is 1. The van der Waals surface area contributed by atoms with Crippen LogP contribution in [-0.2, 0) is 4.74 Å². The summed E-state index contributed by atoms with van der Waals surface area (Å²) in [4.78, 5) is 4.24. The van der Waals surface area contributed by atoms with Crippen LogP contribution in [0.1, 0.15) is 46.5 Å². The Morgan fingerprint density at radius 1 is 1.29 bits per heavy atom. The molecule has 3 atom stereocenters. The summed E-state index contributed by atoms with van der Waals surface area (Å²) in [6, 6.07) is 0.759. The van der Waals surface area contributed by atoms with Gasteiger partial charge in [0, 0.05) is 5.92 Å². The fraction of sp³-hybridized carbons (Fsp3) is 0.909. The van der Waals surface area contributed by atoms with Crippen molar-refractivity contribution < 1.29 is 4.74 Å². The molecular formula is C11H22N2O. The van der Waals surface area contributed by atoms with Crippen molar-refractivity contribution in [3.05, 3.63) is 0 Å². The largest absolute Gasteiger partial charge is 0.462 e. The Morgan fingerprint density at radius 2 is 1.93 bits per heavy atom. The quantitative estimate of drug-likeness (QED) is 0.649. The van der Waals surface area contributed by atoms with Gasteiger partial charge in [-0.1, -0.05) is 20.3 Å². The Kier molecular flexibility index (Phi) is 4.23. The van der Waals surface area contributed by atoms with Crippen LogP contribution in [0.25, 0.3) is 0 Å². The molecule has 2 aliphatic rings. The average Bonchev–Trinajstić information content (AvgIpc) is 2.20. The number of rotatable bonds is 0. The molecule has 1 aliphatic carbocycles. The van der Waals surface area contributed by atoms with Crippen molar-refractivity contribution in [1.29, 1.82) is 0 Å². The highest BCUT2D eigenvalue weighted by Crippen LogP contribution is 2.32. The van der Waals surface area contributed by atoms with Crippen LogP contribution in [0, 0.1) is 5.92 Å². The number of nitrogens with zero attached hydrogens (tertiary/aromatic N) is 1. The molecule has 0 aromatic rings. The predicted octanol–water partition coefficient (Wildman–Crippen LogP) is 2.30. The topological polar surface area (TPSA) is 47.6 Å². The van der Waals surface area contributed by atoms with E-state index in [1.54, 1.807) is 0 Å². The van der Waals surface area contributed by atoms with Gasteiger partial charge in [0.05, 0.1) is 6.04 Å². The van der Waals surface area contributed by atoms with E-state index in [1.165, 1.54) is 19.3 Å². The lowest BCUT2D eigenvalue weighted by atomic mass is 9.81. The van der Waals surface area contributed by atoms with Crippen LogP contribution >= 0.6 is 0 Å². The minimum absolute atomic E-state index is 0.353. The zero-order valence-corrected chi connectivity index (χ0v) is 9.49. The zero-order chi connectivity index (χ0) is 10.6. The summed E-state index contributed by atoms with van der Waals surface area (Å²) in [5.41, 5.74) is 5.56. The van der Waals surface area contributed by atoms with Gasteiger partial charge in [0.15, 0.2) is 0 Å². The number of amidine groups is 1. The summed E-state index contributed by atoms with van der Waals surface area (Å²) in [5.74, 6) is 0.617. The Hall–Kier alpha value is -0.730. The van der Waals surface area contributed by atoms with Crippen LogP contribution in [0.3, 0.4) is 0 Å². The van der Waals surface area contributed by atoms with E-state index in [-0.39, 0.29) is 0 Å². The molecule has 3 heteroatoms. The molecule has 0 aromatic heterocycles. The second-order valence-corrected chi connectivity index (χ2v) is 3.81. The molecule has 0 saturated heterocycles. The average molecular weight is 198 g/mol. The lowest BCUT2D eigenvalue weighted by Crippen LogP contribution is -2.42. The lowest BCUT2D eigenvalue weighted by molar-refractivity contribution is 0.0514. The molecule has 3 nitrogen and oxygen atoms in total. The van der Waals surface area contributed by atoms with Crippen molar-refractivity contribution in [3.8, 4) is 0 Å². The first-order valence-corrected chi connectivity index (χ1v) is 5.77. The number of hydrogen-bond acceptors (Lipinski definition) is 3. The van der Waals surface area contributed by atoms with E-state index in [0.717, 1.165) is 6.42 Å². The first kappa shape index (κ1) is 11.3. The van der Waals surface area contributed by atoms with E-state index in [0.29, 0.717) is 24.1 Å². The zero-order valence-electron chi connectivity index (χ0n) is 9.49. The van der Waals surface area contributed by atoms with Gasteiger partial charge in [-0.15, -0.1) is 0 Å². The number of nitrogens with two attached hydrogens (primary N) is 1. The van der Waals surface area contributed by atoms with Gasteiger partial charge in [0.2, 0.25) is 0 Å². The normalized spacial score (nSPS) is 35.6. The van der Waals surface area contributed by atoms with Gasteiger partial charge in [0.1, 0.15) is 6.10 Å². The molecule has 2 N–H and O–H groups in total. The van der Waals surface area contributed by atoms with E-state index in [9.17, 15) is 0 Å². The summed E-state index contributed by atoms with van der Waals surface area (Å²) >= 11 is 0. The molecule has 14 heavy (non-hydrogen) atoms. The highest BCUT2D eigenvalue weighted by molar-refractivity contribution is 5.72. The third-order valence-electron chi connectivity index (χ3n) is 2.98. The maximum atomic E-state index is 5.56. The van der Waals surface area contributed by atoms with Crippen molar-refractivity contribution in [2.75, 3.05) is 0 Å². The Balaban J connectivity index is 0.000000461. The number of hydrogen-bond donors (Lipinski definition) is 1. The van der Waals surface area contributed by atoms with Crippen LogP contribution in [0.2, 0.25) is 0 Å². The van der Waals surface area contributed by atoms with Gasteiger partial charge in [0.25, 0.3) is 6.02 Å². The first-order valence-electron chi connectivity index (χ1n) is 5.77. The standard InChI is InChI=1S/C9H16N2O.C2H6/c1-6-7-4-2-3-5-8(7)12-9(10)11-6;1-2/h6-8H,2-5H2,1H3,(H2,10,11);1-2H3. The molecule has 1 heterocycles. The van der Waals surface area contributed by atoms with Crippen molar-refractivity contribution >= 4 is 6.02 Å². The molecule has 0 bridgehead atoms. The van der Waals surface area contributed by atoms with Crippen LogP contribution in [0.15, 0.2) is 4.99 Å². The maximum absolute atomic E-state index is 5.56. The van der Waals surface area contributed by atoms with Gasteiger partial charge in [-0.25, -0.2) is 4.99 Å². The molecule has 1 aliphatic heterocycles. The minimum atomic E-state index is 0.353. The predicted molar refractivity (Wildman–Crippen MR) is 59.3 cm³/mol. The summed E-state index contributed by atoms with van der Waals surface area (Å²) < 4.78 is 5.49. The highest BCUT2D eigenvalue weighted by atomic mass is 16.5. The maximum Gasteiger partial charge on any atom is 0.282 e. The fourth-order valence-corrected chi connectivity index (χ4v) is 2.31. The third-order valence-corrected chi connectivity index (χ3v) is 2.98. The van der Waals surface area contributed by atoms with Crippen molar-refractivity contribution in [2.24, 2.45) is 16.6 Å². The summed E-state index contributed by atoms with van der Waals surface area (Å²) in [5, 5.41) is 0. The second kappa shape index (κ2) is 5.23. The Morgan fingerprint density at radius 3 is 2.64 bits per heavy atom. The molecule has 2 rings (SSSR count). The highest BCUT2D eigenvalue weighted by Gasteiger charge is 2.34. The molecular weight excluding hydrogens is 176 g/mol. The van der Waals surface area contributed by atoms with Crippen LogP contribution < -0.4 is 5.73 Å². The van der Waals surface area contributed by atoms with E-state index >= 15 is 0 Å². The molecule has 1 saturated carbocycles. The Bertz CT molecular complexity index is 203. The van der Waals surface area contributed by atoms with Crippen LogP contribution in [0.5, 0.6) is 0 Å². The lowest BCUT2D eigenvalue weighted by Gasteiger charge is -2.37. The first-order chi connectivity index (χ1) is 6.77. The number of aliphatic imine (C=N–C) groups is 1. The molecule has 0 amide bonds. The van der Waals surface area contributed by atoms with Crippen molar-refractivity contribution in [1.82, 2.24) is 0 Å². The molecule has 0 spiro atoms. The third kappa shape index (κ3) is 2.40. The van der Waals surface area contributed by atoms with Gasteiger partial charge in [-0.05, 0) is 26.2 Å². The molecule has 0 aromatic carbocycles. The Labute approximate surface area is 86.7 Å². The van der Waals surface area contributed by atoms with Gasteiger partial charge in [-0.3, -0.25) is 0 Å². The van der Waals surface area contributed by atoms with E-state index in [2.05, 4.69) is 11.9 Å². The van der Waals surface area contributed by atoms with Crippen molar-refractivity contribution in [3.63, 3.8) is 0 Å². The molecule has 0 radical (unpaired) electrons. The summed E-state index contributed by atoms with van der Waals surface area (Å²) in [7, 11) is 0. The van der Waals surface area contributed by atoms with Gasteiger partial charge >= 0.3 is 0 Å². The van der Waals surface area contributed by atoms with Crippen LogP contribution in [-0.4, -0.2) is 18.2 Å². The fourth-order valence-electron chi connectivity index (χ4n) is 2.31. The molecule has 3 unspecified atom stereocenters. The van der Waals surface area contributed by atoms with Crippen LogP contribution in [0.4, 0.5) is 0 Å². The van der Waals surface area contributed by atoms with Crippen molar-refractivity contribution in [2.45, 2.75) is 58.6 Å². The van der Waals surface area contributed by atoms with E-state index < -0.39 is 0 Å². The SMILES string of the molecule is CC.CC1N=C(N)OC2CCCCC12. The van der Waals surface area contributed by atoms with Gasteiger partial charge < -0.3 is 10.5 Å². The minimum Gasteiger partial charge on any atom is -0.462 e. The molecule has 82 valence electrons. The summed E-state index contributed by atoms with van der Waals surface area (Å²) in [6.45, 7) is 6.14. The number of fused-ring (bicyclic) bond motifs is 1. The summed E-state index contributed by atoms with van der Waals surface area (Å²) in [6.07, 6.45) is 5.37. The van der Waals surface area contributed by atoms with Gasteiger partial charge in [-0.2, -0.15) is 0 Å².